The number of carbonyl (C=O) groups excluding carboxylic acids is 4. The van der Waals surface area contributed by atoms with Crippen molar-refractivity contribution >= 4 is 29.4 Å². The highest BCUT2D eigenvalue weighted by Gasteiger charge is 2.49. The molecule has 3 amide bonds. The van der Waals surface area contributed by atoms with E-state index in [-0.39, 0.29) is 23.6 Å². The molecule has 3 aliphatic rings. The molecule has 1 aromatic carbocycles. The monoisotopic (exact) mass is 458 g/mol. The lowest BCUT2D eigenvalue weighted by Crippen LogP contribution is -2.55. The van der Waals surface area contributed by atoms with Crippen molar-refractivity contribution in [2.75, 3.05) is 31.1 Å². The number of alkyl halides is 3. The Morgan fingerprint density at radius 1 is 1.12 bits per heavy atom. The average molecular weight is 458 g/mol. The van der Waals surface area contributed by atoms with Crippen molar-refractivity contribution < 1.29 is 41.6 Å². The lowest BCUT2D eigenvalue weighted by atomic mass is 10.0. The molecule has 0 spiro atoms. The van der Waals surface area contributed by atoms with Crippen molar-refractivity contribution in [3.05, 3.63) is 29.1 Å². The number of amides is 3. The van der Waals surface area contributed by atoms with Gasteiger partial charge >= 0.3 is 12.1 Å². The predicted octanol–water partition coefficient (Wildman–Crippen LogP) is 0.729. The van der Waals surface area contributed by atoms with Gasteiger partial charge in [-0.05, 0) is 24.1 Å². The van der Waals surface area contributed by atoms with Gasteiger partial charge in [-0.15, -0.1) is 5.06 Å². The lowest BCUT2D eigenvalue weighted by Gasteiger charge is -2.33. The summed E-state index contributed by atoms with van der Waals surface area (Å²) in [5.74, 6) is -6.41. The Morgan fingerprint density at radius 2 is 1.81 bits per heavy atom. The largest absolute Gasteiger partial charge is 0.493 e. The number of nitrogens with one attached hydrogen (secondary N) is 1. The van der Waals surface area contributed by atoms with E-state index in [4.69, 9.17) is 0 Å². The highest BCUT2D eigenvalue weighted by atomic mass is 19.4. The minimum Gasteiger partial charge on any atom is -0.367 e. The van der Waals surface area contributed by atoms with E-state index in [0.29, 0.717) is 37.4 Å². The molecule has 2 saturated heterocycles. The molecule has 0 aromatic heterocycles. The molecular weight excluding hydrogens is 440 g/mol. The van der Waals surface area contributed by atoms with Crippen LogP contribution in [0.15, 0.2) is 12.1 Å². The summed E-state index contributed by atoms with van der Waals surface area (Å²) in [6.45, 7) is 2.36. The molecule has 1 unspecified atom stereocenters. The SMILES string of the molecule is O=C1CCC(N2Cc3cc(N4CCNCC4)c(F)cc3C2=O)C(=O)N1OC(=O)C(F)(F)F. The first-order valence-corrected chi connectivity index (χ1v) is 9.83. The van der Waals surface area contributed by atoms with Gasteiger partial charge in [-0.25, -0.2) is 9.18 Å². The molecule has 0 saturated carbocycles. The predicted molar refractivity (Wildman–Crippen MR) is 98.4 cm³/mol. The zero-order valence-electron chi connectivity index (χ0n) is 16.6. The Labute approximate surface area is 178 Å². The quantitative estimate of drug-likeness (QED) is 0.527. The fraction of sp³-hybridized carbons (Fsp3) is 0.474. The maximum atomic E-state index is 14.7. The Morgan fingerprint density at radius 3 is 2.47 bits per heavy atom. The van der Waals surface area contributed by atoms with Crippen LogP contribution in [0.1, 0.15) is 28.8 Å². The summed E-state index contributed by atoms with van der Waals surface area (Å²) in [7, 11) is 0. The maximum Gasteiger partial charge on any atom is 0.493 e. The number of fused-ring (bicyclic) bond motifs is 1. The van der Waals surface area contributed by atoms with Crippen LogP contribution in [0.4, 0.5) is 23.2 Å². The first-order valence-electron chi connectivity index (χ1n) is 9.83. The van der Waals surface area contributed by atoms with Crippen molar-refractivity contribution in [3.63, 3.8) is 0 Å². The van der Waals surface area contributed by atoms with E-state index in [0.717, 1.165) is 11.0 Å². The summed E-state index contributed by atoms with van der Waals surface area (Å²) >= 11 is 0. The number of rotatable bonds is 3. The summed E-state index contributed by atoms with van der Waals surface area (Å²) in [5, 5.41) is 2.90. The Bertz CT molecular complexity index is 993. The first kappa shape index (κ1) is 22.0. The van der Waals surface area contributed by atoms with Crippen molar-refractivity contribution in [1.82, 2.24) is 15.3 Å². The molecule has 1 N–H and O–H groups in total. The van der Waals surface area contributed by atoms with Crippen LogP contribution in [-0.2, 0) is 25.8 Å². The number of piperazine rings is 1. The van der Waals surface area contributed by atoms with Gasteiger partial charge in [-0.1, -0.05) is 0 Å². The number of hydrogen-bond acceptors (Lipinski definition) is 7. The van der Waals surface area contributed by atoms with E-state index in [1.807, 2.05) is 4.90 Å². The Balaban J connectivity index is 1.55. The fourth-order valence-corrected chi connectivity index (χ4v) is 4.01. The molecule has 13 heteroatoms. The third-order valence-electron chi connectivity index (χ3n) is 5.59. The van der Waals surface area contributed by atoms with Gasteiger partial charge in [0.25, 0.3) is 17.7 Å². The molecule has 172 valence electrons. The molecule has 1 atom stereocenters. The minimum atomic E-state index is -5.41. The zero-order valence-corrected chi connectivity index (χ0v) is 16.6. The number of piperidine rings is 1. The van der Waals surface area contributed by atoms with Crippen LogP contribution < -0.4 is 10.2 Å². The van der Waals surface area contributed by atoms with E-state index in [1.165, 1.54) is 6.07 Å². The second kappa shape index (κ2) is 8.04. The second-order valence-electron chi connectivity index (χ2n) is 7.59. The van der Waals surface area contributed by atoms with E-state index >= 15 is 0 Å². The lowest BCUT2D eigenvalue weighted by molar-refractivity contribution is -0.238. The van der Waals surface area contributed by atoms with Crippen LogP contribution in [0.2, 0.25) is 0 Å². The number of carbonyl (C=O) groups is 4. The third-order valence-corrected chi connectivity index (χ3v) is 5.59. The van der Waals surface area contributed by atoms with E-state index in [2.05, 4.69) is 10.2 Å². The fourth-order valence-electron chi connectivity index (χ4n) is 4.01. The zero-order chi connectivity index (χ0) is 23.2. The summed E-state index contributed by atoms with van der Waals surface area (Å²) in [4.78, 5) is 55.3. The third kappa shape index (κ3) is 3.87. The van der Waals surface area contributed by atoms with Crippen LogP contribution in [0, 0.1) is 5.82 Å². The molecule has 32 heavy (non-hydrogen) atoms. The maximum absolute atomic E-state index is 14.7. The van der Waals surface area contributed by atoms with Gasteiger partial charge < -0.3 is 20.0 Å². The van der Waals surface area contributed by atoms with Crippen LogP contribution in [0.25, 0.3) is 0 Å². The van der Waals surface area contributed by atoms with E-state index in [1.54, 1.807) is 0 Å². The molecule has 3 aliphatic heterocycles. The van der Waals surface area contributed by atoms with Crippen molar-refractivity contribution in [2.45, 2.75) is 31.6 Å². The molecule has 0 radical (unpaired) electrons. The minimum absolute atomic E-state index is 0.0323. The number of nitrogens with zero attached hydrogens (tertiary/aromatic N) is 3. The van der Waals surface area contributed by atoms with Gasteiger partial charge in [0.15, 0.2) is 0 Å². The van der Waals surface area contributed by atoms with Crippen molar-refractivity contribution in [3.8, 4) is 0 Å². The molecule has 4 rings (SSSR count). The first-order chi connectivity index (χ1) is 15.1. The van der Waals surface area contributed by atoms with Crippen molar-refractivity contribution in [1.29, 1.82) is 0 Å². The molecule has 2 fully saturated rings. The standard InChI is InChI=1S/C19H18F4N4O5/c20-12-8-11-10(7-14(12)25-5-3-24-4-6-25)9-26(16(11)29)13-1-2-15(28)27(17(13)30)32-18(31)19(21,22)23/h7-8,13,24H,1-6,9H2. The number of hydroxylamine groups is 2. The van der Waals surface area contributed by atoms with E-state index in [9.17, 15) is 36.7 Å². The number of benzene rings is 1. The highest BCUT2D eigenvalue weighted by molar-refractivity contribution is 6.05. The van der Waals surface area contributed by atoms with Crippen LogP contribution in [-0.4, -0.2) is 72.1 Å². The van der Waals surface area contributed by atoms with Gasteiger partial charge in [0.05, 0.1) is 5.69 Å². The molecule has 3 heterocycles. The number of halogens is 4. The van der Waals surface area contributed by atoms with Gasteiger partial charge in [0, 0.05) is 44.7 Å². The van der Waals surface area contributed by atoms with Gasteiger partial charge in [0.1, 0.15) is 11.9 Å². The molecule has 0 aliphatic carbocycles. The summed E-state index contributed by atoms with van der Waals surface area (Å²) in [5.41, 5.74) is 0.796. The summed E-state index contributed by atoms with van der Waals surface area (Å²) in [6.07, 6.45) is -5.99. The molecule has 0 bridgehead atoms. The van der Waals surface area contributed by atoms with Gasteiger partial charge in [0.2, 0.25) is 0 Å². The second-order valence-corrected chi connectivity index (χ2v) is 7.59. The van der Waals surface area contributed by atoms with Crippen LogP contribution in [0.5, 0.6) is 0 Å². The van der Waals surface area contributed by atoms with E-state index < -0.39 is 48.1 Å². The average Bonchev–Trinajstić information content (AvgIpc) is 3.06. The molecular formula is C19H18F4N4O5. The molecule has 1 aromatic rings. The van der Waals surface area contributed by atoms with Crippen molar-refractivity contribution in [2.24, 2.45) is 0 Å². The number of hydrogen-bond donors (Lipinski definition) is 1. The summed E-state index contributed by atoms with van der Waals surface area (Å²) in [6, 6.07) is 1.27. The Kier molecular flexibility index (Phi) is 5.53. The molecule has 9 nitrogen and oxygen atoms in total. The Hall–Kier alpha value is -3.22. The normalized spacial score (nSPS) is 21.8. The van der Waals surface area contributed by atoms with Crippen LogP contribution >= 0.6 is 0 Å². The summed E-state index contributed by atoms with van der Waals surface area (Å²) < 4.78 is 52.2. The topological polar surface area (TPSA) is 99.3 Å². The highest BCUT2D eigenvalue weighted by Crippen LogP contribution is 2.33. The van der Waals surface area contributed by atoms with Gasteiger partial charge in [-0.3, -0.25) is 14.4 Å². The number of imide groups is 1. The van der Waals surface area contributed by atoms with Gasteiger partial charge in [-0.2, -0.15) is 13.2 Å². The van der Waals surface area contributed by atoms with Crippen LogP contribution in [0.3, 0.4) is 0 Å². The smallest absolute Gasteiger partial charge is 0.367 e. The number of anilines is 1.